The van der Waals surface area contributed by atoms with Gasteiger partial charge >= 0.3 is 0 Å². The summed E-state index contributed by atoms with van der Waals surface area (Å²) in [5.41, 5.74) is 16.9. The van der Waals surface area contributed by atoms with Crippen LogP contribution in [0.15, 0.2) is 116 Å². The summed E-state index contributed by atoms with van der Waals surface area (Å²) in [4.78, 5) is 9.03. The second-order valence-corrected chi connectivity index (χ2v) is 12.8. The molecule has 225 valence electrons. The Morgan fingerprint density at radius 1 is 0.578 bits per heavy atom. The first-order valence-electron chi connectivity index (χ1n) is 15.6. The molecule has 0 unspecified atom stereocenters. The van der Waals surface area contributed by atoms with Crippen molar-refractivity contribution in [3.05, 3.63) is 155 Å². The van der Waals surface area contributed by atoms with Crippen molar-refractivity contribution in [3.8, 4) is 44.8 Å². The first-order chi connectivity index (χ1) is 21.4. The summed E-state index contributed by atoms with van der Waals surface area (Å²) in [5.74, 6) is 0. The first kappa shape index (κ1) is 30.8. The van der Waals surface area contributed by atoms with Gasteiger partial charge in [0.15, 0.2) is 0 Å². The molecule has 2 aliphatic carbocycles. The summed E-state index contributed by atoms with van der Waals surface area (Å²) in [6, 6.07) is 43.1. The van der Waals surface area contributed by atoms with E-state index in [1.54, 1.807) is 0 Å². The summed E-state index contributed by atoms with van der Waals surface area (Å²) in [5, 5.41) is 0. The van der Waals surface area contributed by atoms with E-state index >= 15 is 0 Å². The quantitative estimate of drug-likeness (QED) is 0.168. The summed E-state index contributed by atoms with van der Waals surface area (Å²) < 4.78 is 0. The maximum absolute atomic E-state index is 4.53. The predicted molar refractivity (Wildman–Crippen MR) is 181 cm³/mol. The number of benzene rings is 4. The number of nitrogens with zero attached hydrogens (tertiary/aromatic N) is 2. The number of hydrogen-bond donors (Lipinski definition) is 0. The molecular formula is C42H36IrN2-2. The minimum Gasteiger partial charge on any atom is -0.305 e. The van der Waals surface area contributed by atoms with Crippen molar-refractivity contribution in [2.24, 2.45) is 0 Å². The zero-order chi connectivity index (χ0) is 30.1. The number of pyridine rings is 2. The van der Waals surface area contributed by atoms with Gasteiger partial charge in [0.2, 0.25) is 0 Å². The molecule has 0 bridgehead atoms. The Morgan fingerprint density at radius 2 is 1.31 bits per heavy atom. The van der Waals surface area contributed by atoms with Crippen LogP contribution in [0.1, 0.15) is 48.6 Å². The van der Waals surface area contributed by atoms with E-state index in [2.05, 4.69) is 128 Å². The van der Waals surface area contributed by atoms with Gasteiger partial charge in [0.05, 0.1) is 0 Å². The maximum Gasteiger partial charge on any atom is 0.0163 e. The van der Waals surface area contributed by atoms with Crippen LogP contribution in [0, 0.1) is 12.1 Å². The number of rotatable bonds is 3. The van der Waals surface area contributed by atoms with Crippen molar-refractivity contribution in [3.63, 3.8) is 0 Å². The van der Waals surface area contributed by atoms with Crippen LogP contribution >= 0.6 is 0 Å². The molecule has 0 saturated carbocycles. The predicted octanol–water partition coefficient (Wildman–Crippen LogP) is 9.92. The summed E-state index contributed by atoms with van der Waals surface area (Å²) in [7, 11) is 0. The van der Waals surface area contributed by atoms with Crippen LogP contribution in [0.2, 0.25) is 0 Å². The Kier molecular flexibility index (Phi) is 8.94. The Balaban J connectivity index is 0.000000155. The molecule has 2 aliphatic rings. The topological polar surface area (TPSA) is 25.8 Å². The van der Waals surface area contributed by atoms with Crippen molar-refractivity contribution < 1.29 is 20.1 Å². The van der Waals surface area contributed by atoms with Crippen LogP contribution in [0.25, 0.3) is 44.8 Å². The van der Waals surface area contributed by atoms with Gasteiger partial charge in [0, 0.05) is 32.5 Å². The minimum absolute atomic E-state index is 0. The molecule has 1 radical (unpaired) electrons. The van der Waals surface area contributed by atoms with Crippen molar-refractivity contribution in [2.75, 3.05) is 0 Å². The van der Waals surface area contributed by atoms with Crippen molar-refractivity contribution in [1.82, 2.24) is 9.97 Å². The standard InChI is InChI=1S/C21H16N.C21H20N.Ir/c1-2-11-22-19(6-1)18-12-16-9-7-14-4-3-5-15-8-10-17(13-18)21(16)20(14)15;1-21(2,3)19-12-13-22-20(15-19)18-11-7-10-17(14-18)16-8-5-4-6-9-16;/h1-6,11-12H,7-10H2;4-10,12-15H,1-3H3;/q2*-1;. The van der Waals surface area contributed by atoms with E-state index in [1.165, 1.54) is 50.1 Å². The fraction of sp³-hybridized carbons (Fsp3) is 0.190. The van der Waals surface area contributed by atoms with Crippen LogP contribution in [-0.2, 0) is 51.2 Å². The Bertz CT molecular complexity index is 1890. The zero-order valence-electron chi connectivity index (χ0n) is 26.0. The van der Waals surface area contributed by atoms with Gasteiger partial charge in [-0.2, -0.15) is 0 Å². The maximum atomic E-state index is 4.53. The van der Waals surface area contributed by atoms with Crippen molar-refractivity contribution in [1.29, 1.82) is 0 Å². The van der Waals surface area contributed by atoms with Crippen LogP contribution in [0.3, 0.4) is 0 Å². The molecule has 3 heteroatoms. The van der Waals surface area contributed by atoms with E-state index in [0.717, 1.165) is 48.2 Å². The van der Waals surface area contributed by atoms with Gasteiger partial charge in [-0.05, 0) is 76.9 Å². The van der Waals surface area contributed by atoms with E-state index in [9.17, 15) is 0 Å². The van der Waals surface area contributed by atoms with E-state index in [-0.39, 0.29) is 25.5 Å². The van der Waals surface area contributed by atoms with E-state index in [0.29, 0.717) is 0 Å². The van der Waals surface area contributed by atoms with Gasteiger partial charge in [-0.1, -0.05) is 98.6 Å². The second kappa shape index (κ2) is 13.1. The largest absolute Gasteiger partial charge is 0.305 e. The Labute approximate surface area is 281 Å². The van der Waals surface area contributed by atoms with Crippen LogP contribution < -0.4 is 0 Å². The van der Waals surface area contributed by atoms with Gasteiger partial charge in [-0.3, -0.25) is 0 Å². The van der Waals surface area contributed by atoms with E-state index in [1.807, 2.05) is 30.6 Å². The van der Waals surface area contributed by atoms with Gasteiger partial charge in [0.25, 0.3) is 0 Å². The first-order valence-corrected chi connectivity index (χ1v) is 15.6. The normalized spacial score (nSPS) is 12.7. The van der Waals surface area contributed by atoms with Gasteiger partial charge in [-0.25, -0.2) is 0 Å². The van der Waals surface area contributed by atoms with Crippen molar-refractivity contribution in [2.45, 2.75) is 51.9 Å². The SMILES string of the molecule is CC(C)(C)c1ccnc(-c2[c-]ccc(-c3ccccc3)c2)c1.[Ir].[c-]1c(-c2ccccn2)cc2c3c1CCc1cccc(c1-3)CC2. The minimum atomic E-state index is 0. The molecule has 0 aliphatic heterocycles. The molecule has 2 nitrogen and oxygen atoms in total. The summed E-state index contributed by atoms with van der Waals surface area (Å²) in [6.45, 7) is 6.66. The number of hydrogen-bond acceptors (Lipinski definition) is 2. The Morgan fingerprint density at radius 3 is 2.07 bits per heavy atom. The molecular weight excluding hydrogens is 725 g/mol. The van der Waals surface area contributed by atoms with Gasteiger partial charge in [0.1, 0.15) is 0 Å². The van der Waals surface area contributed by atoms with Crippen LogP contribution in [0.4, 0.5) is 0 Å². The molecule has 6 aromatic rings. The smallest absolute Gasteiger partial charge is 0.0163 e. The number of aromatic nitrogens is 2. The fourth-order valence-electron chi connectivity index (χ4n) is 6.45. The molecule has 0 saturated heterocycles. The zero-order valence-corrected chi connectivity index (χ0v) is 28.4. The van der Waals surface area contributed by atoms with E-state index in [4.69, 9.17) is 0 Å². The molecule has 0 atom stereocenters. The molecule has 0 N–H and O–H groups in total. The third kappa shape index (κ3) is 6.47. The van der Waals surface area contributed by atoms with Crippen molar-refractivity contribution >= 4 is 0 Å². The van der Waals surface area contributed by atoms with Gasteiger partial charge in [-0.15, -0.1) is 64.2 Å². The Hall–Kier alpha value is -4.17. The molecule has 45 heavy (non-hydrogen) atoms. The fourth-order valence-corrected chi connectivity index (χ4v) is 6.45. The van der Waals surface area contributed by atoms with Gasteiger partial charge < -0.3 is 9.97 Å². The molecule has 0 amide bonds. The van der Waals surface area contributed by atoms with E-state index < -0.39 is 0 Å². The second-order valence-electron chi connectivity index (χ2n) is 12.8. The molecule has 8 rings (SSSR count). The monoisotopic (exact) mass is 761 g/mol. The molecule has 2 heterocycles. The average Bonchev–Trinajstić information content (AvgIpc) is 3.08. The summed E-state index contributed by atoms with van der Waals surface area (Å²) >= 11 is 0. The molecule has 0 spiro atoms. The molecule has 4 aromatic carbocycles. The third-order valence-corrected chi connectivity index (χ3v) is 8.77. The third-order valence-electron chi connectivity index (χ3n) is 8.77. The molecule has 0 fully saturated rings. The molecule has 2 aromatic heterocycles. The summed E-state index contributed by atoms with van der Waals surface area (Å²) in [6.07, 6.45) is 8.27. The van der Waals surface area contributed by atoms with Crippen LogP contribution in [0.5, 0.6) is 0 Å². The average molecular weight is 761 g/mol. The number of aryl methyl sites for hydroxylation is 4. The van der Waals surface area contributed by atoms with Crippen LogP contribution in [-0.4, -0.2) is 9.97 Å².